The van der Waals surface area contributed by atoms with Crippen LogP contribution in [0.4, 0.5) is 0 Å². The Labute approximate surface area is 119 Å². The van der Waals surface area contributed by atoms with Crippen molar-refractivity contribution in [3.8, 4) is 0 Å². The minimum absolute atomic E-state index is 0. The first kappa shape index (κ1) is 30.4. The molecule has 0 saturated carbocycles. The Balaban J connectivity index is -0.00000000750. The van der Waals surface area contributed by atoms with Gasteiger partial charge in [0.25, 0.3) is 0 Å². The maximum absolute atomic E-state index is 8.44. The zero-order valence-electron chi connectivity index (χ0n) is 4.63. The van der Waals surface area contributed by atoms with Gasteiger partial charge in [-0.3, -0.25) is 4.21 Å². The first-order valence-corrected chi connectivity index (χ1v) is 1.50. The van der Waals surface area contributed by atoms with Crippen LogP contribution in [0.3, 0.4) is 0 Å². The predicted molar refractivity (Wildman–Crippen MR) is 21.0 cm³/mol. The molecule has 8 heavy (non-hydrogen) atoms. The van der Waals surface area contributed by atoms with Gasteiger partial charge in [0.1, 0.15) is 0 Å². The fourth-order valence-electron chi connectivity index (χ4n) is 0. The smallest absolute Gasteiger partial charge is 0.784 e. The van der Waals surface area contributed by atoms with E-state index in [0.29, 0.717) is 0 Å². The van der Waals surface area contributed by atoms with Crippen molar-refractivity contribution in [1.29, 1.82) is 0 Å². The first-order chi connectivity index (χ1) is 1.73. The molecule has 0 atom stereocenters. The average Bonchev–Trinajstić information content (AvgIpc) is 0.811. The number of hydrogen-bond acceptors (Lipinski definition) is 3. The molecule has 0 aliphatic carbocycles. The van der Waals surface area contributed by atoms with Crippen molar-refractivity contribution in [2.24, 2.45) is 0 Å². The van der Waals surface area contributed by atoms with Gasteiger partial charge in [0.15, 0.2) is 0 Å². The van der Waals surface area contributed by atoms with E-state index in [4.69, 9.17) is 13.3 Å². The molecule has 0 rings (SSSR count). The van der Waals surface area contributed by atoms with E-state index in [1.165, 1.54) is 0 Å². The minimum Gasteiger partial charge on any atom is -0.784 e. The molecule has 0 radical (unpaired) electrons. The van der Waals surface area contributed by atoms with Gasteiger partial charge >= 0.3 is 88.7 Å². The third kappa shape index (κ3) is 61.5. The largest absolute Gasteiger partial charge is 1.00 e. The molecule has 0 amide bonds. The molecule has 0 heterocycles. The van der Waals surface area contributed by atoms with Gasteiger partial charge in [0.2, 0.25) is 0 Å². The van der Waals surface area contributed by atoms with Gasteiger partial charge in [-0.25, -0.2) is 0 Å². The summed E-state index contributed by atoms with van der Waals surface area (Å²) in [6.45, 7) is 0. The zero-order valence-corrected chi connectivity index (χ0v) is 11.4. The van der Waals surface area contributed by atoms with E-state index in [1.807, 2.05) is 0 Å². The molecule has 0 aromatic heterocycles. The van der Waals surface area contributed by atoms with Crippen LogP contribution in [0.15, 0.2) is 0 Å². The van der Waals surface area contributed by atoms with Crippen LogP contribution in [-0.2, 0) is 11.4 Å². The second-order valence-corrected chi connectivity index (χ2v) is 0.612. The van der Waals surface area contributed by atoms with E-state index < -0.39 is 11.4 Å². The molecule has 0 N–H and O–H groups in total. The summed E-state index contributed by atoms with van der Waals surface area (Å²) in [5.41, 5.74) is 0. The molecule has 0 aromatic rings. The van der Waals surface area contributed by atoms with Crippen LogP contribution in [-0.4, -0.2) is 21.7 Å². The molecule has 0 spiro atoms. The fraction of sp³-hybridized carbons (Fsp3) is 0. The van der Waals surface area contributed by atoms with Gasteiger partial charge < -0.3 is 9.11 Å². The molecule has 0 aromatic carbocycles. The summed E-state index contributed by atoms with van der Waals surface area (Å²) in [7, 11) is 0. The molecule has 0 aliphatic heterocycles. The molecule has 34 valence electrons. The summed E-state index contributed by atoms with van der Waals surface area (Å²) in [5.74, 6) is 0. The number of rotatable bonds is 0. The molecule has 0 saturated heterocycles. The topological polar surface area (TPSA) is 63.2 Å². The fourth-order valence-corrected chi connectivity index (χ4v) is 0. The summed E-state index contributed by atoms with van der Waals surface area (Å²) in [6.07, 6.45) is 0. The van der Waals surface area contributed by atoms with Crippen LogP contribution < -0.4 is 88.7 Å². The molecule has 0 aliphatic rings. The Morgan fingerprint density at radius 2 is 1.00 bits per heavy atom. The molecule has 0 unspecified atom stereocenters. The van der Waals surface area contributed by atoms with Crippen molar-refractivity contribution in [3.63, 3.8) is 0 Å². The second kappa shape index (κ2) is 22.5. The van der Waals surface area contributed by atoms with E-state index in [0.717, 1.165) is 0 Å². The maximum Gasteiger partial charge on any atom is 1.00 e. The van der Waals surface area contributed by atoms with Crippen LogP contribution in [0.25, 0.3) is 0 Å². The second-order valence-electron chi connectivity index (χ2n) is 0.204. The van der Waals surface area contributed by atoms with Gasteiger partial charge in [-0.1, -0.05) is 8.41 Å². The van der Waals surface area contributed by atoms with Crippen molar-refractivity contribution in [1.82, 2.24) is 0 Å². The van der Waals surface area contributed by atoms with E-state index >= 15 is 0 Å². The zero-order chi connectivity index (χ0) is 3.58. The van der Waals surface area contributed by atoms with Gasteiger partial charge in [0, 0.05) is 0 Å². The van der Waals surface area contributed by atoms with Crippen LogP contribution in [0.2, 0.25) is 0 Å². The number of hydrogen-bond donors (Lipinski definition) is 0. The Bertz CT molecular complexity index is 37.5. The Morgan fingerprint density at radius 1 is 1.00 bits per heavy atom. The molecule has 3 nitrogen and oxygen atoms in total. The van der Waals surface area contributed by atoms with Crippen molar-refractivity contribution in [2.75, 3.05) is 0 Å². The summed E-state index contributed by atoms with van der Waals surface area (Å²) in [5, 5.41) is 0. The van der Waals surface area contributed by atoms with Gasteiger partial charge in [-0.15, -0.1) is 11.4 Å². The van der Waals surface area contributed by atoms with Crippen LogP contribution in [0.1, 0.15) is 0 Å². The third-order valence-corrected chi connectivity index (χ3v) is 0. The Kier molecular flexibility index (Phi) is 85.4. The van der Waals surface area contributed by atoms with Gasteiger partial charge in [-0.05, 0) is 0 Å². The van der Waals surface area contributed by atoms with Crippen LogP contribution >= 0.6 is 0 Å². The monoisotopic (exact) mass is 164 g/mol. The molecule has 0 bridgehead atoms. The summed E-state index contributed by atoms with van der Waals surface area (Å²) in [6, 6.07) is 0. The maximum atomic E-state index is 8.44. The Hall–Kier alpha value is 3.13. The van der Waals surface area contributed by atoms with Crippen molar-refractivity contribution < 1.29 is 102 Å². The first-order valence-electron chi connectivity index (χ1n) is 0.500. The van der Waals surface area contributed by atoms with Crippen molar-refractivity contribution in [2.45, 2.75) is 0 Å². The van der Waals surface area contributed by atoms with Gasteiger partial charge in [0.05, 0.1) is 0 Å². The van der Waals surface area contributed by atoms with Crippen molar-refractivity contribution >= 4 is 19.8 Å². The van der Waals surface area contributed by atoms with Crippen LogP contribution in [0.5, 0.6) is 0 Å². The molecular weight excluding hydrogens is 160 g/mol. The SMILES string of the molecule is O=S([O-])[O-].[BH4-].[Na+].[Na+].[Na+]. The Morgan fingerprint density at radius 3 is 1.00 bits per heavy atom. The van der Waals surface area contributed by atoms with E-state index in [-0.39, 0.29) is 97.1 Å². The molecule has 0 fully saturated rings. The van der Waals surface area contributed by atoms with E-state index in [9.17, 15) is 0 Å². The minimum atomic E-state index is -3.11. The standard InChI is InChI=1S/BH4.3Na.H2O3S/c;;;;1-4(2)3/h1H4;;;;(H2,1,2,3)/q-1;3*+1;/p-2. The molecule has 8 heteroatoms. The predicted octanol–water partition coefficient (Wildman–Crippen LogP) is -11.4. The summed E-state index contributed by atoms with van der Waals surface area (Å²) < 4.78 is 25.3. The van der Waals surface area contributed by atoms with Gasteiger partial charge in [-0.2, -0.15) is 0 Å². The van der Waals surface area contributed by atoms with E-state index in [1.54, 1.807) is 0 Å². The quantitative estimate of drug-likeness (QED) is 0.263. The normalized spacial score (nSPS) is 4.38. The third-order valence-electron chi connectivity index (χ3n) is 0. The van der Waals surface area contributed by atoms with Crippen molar-refractivity contribution in [3.05, 3.63) is 0 Å². The van der Waals surface area contributed by atoms with E-state index in [2.05, 4.69) is 0 Å². The summed E-state index contributed by atoms with van der Waals surface area (Å²) in [4.78, 5) is 0. The average molecular weight is 164 g/mol. The summed E-state index contributed by atoms with van der Waals surface area (Å²) >= 11 is -3.11. The molecular formula is H4BNa3O3S. The van der Waals surface area contributed by atoms with Crippen LogP contribution in [0, 0.1) is 0 Å².